The predicted molar refractivity (Wildman–Crippen MR) is 82.6 cm³/mol. The summed E-state index contributed by atoms with van der Waals surface area (Å²) in [7, 11) is 1.66. The molecule has 5 heteroatoms. The molecule has 20 heavy (non-hydrogen) atoms. The maximum absolute atomic E-state index is 5.31. The number of fused-ring (bicyclic) bond motifs is 1. The molecule has 0 saturated heterocycles. The fraction of sp³-hybridized carbons (Fsp3) is 0.200. The fourth-order valence-electron chi connectivity index (χ4n) is 2.26. The number of benzene rings is 1. The third kappa shape index (κ3) is 1.98. The second-order valence-corrected chi connectivity index (χ2v) is 5.41. The van der Waals surface area contributed by atoms with Crippen LogP contribution in [0.4, 0.5) is 0 Å². The number of aryl methyl sites for hydroxylation is 1. The molecule has 4 nitrogen and oxygen atoms in total. The summed E-state index contributed by atoms with van der Waals surface area (Å²) in [6, 6.07) is 7.95. The van der Waals surface area contributed by atoms with Gasteiger partial charge >= 0.3 is 0 Å². The average Bonchev–Trinajstić information content (AvgIpc) is 2.73. The Kier molecular flexibility index (Phi) is 3.22. The van der Waals surface area contributed by atoms with Gasteiger partial charge in [-0.2, -0.15) is 5.10 Å². The second-order valence-electron chi connectivity index (χ2n) is 4.62. The second kappa shape index (κ2) is 4.90. The molecule has 0 amide bonds. The summed E-state index contributed by atoms with van der Waals surface area (Å²) < 4.78 is 8.18. The molecule has 102 valence electrons. The van der Waals surface area contributed by atoms with Crippen molar-refractivity contribution in [2.75, 3.05) is 7.11 Å². The third-order valence-electron chi connectivity index (χ3n) is 3.36. The highest BCUT2D eigenvalue weighted by molar-refractivity contribution is 9.10. The van der Waals surface area contributed by atoms with E-state index in [0.29, 0.717) is 0 Å². The number of aromatic nitrogens is 3. The van der Waals surface area contributed by atoms with Crippen LogP contribution in [0.15, 0.2) is 34.9 Å². The van der Waals surface area contributed by atoms with Crippen LogP contribution in [0.5, 0.6) is 5.75 Å². The molecule has 3 rings (SSSR count). The maximum Gasteiger partial charge on any atom is 0.161 e. The minimum absolute atomic E-state index is 0.812. The summed E-state index contributed by atoms with van der Waals surface area (Å²) in [5, 5.41) is 6.68. The highest BCUT2D eigenvalue weighted by Gasteiger charge is 2.13. The van der Waals surface area contributed by atoms with Gasteiger partial charge in [-0.3, -0.25) is 0 Å². The van der Waals surface area contributed by atoms with Crippen molar-refractivity contribution in [2.45, 2.75) is 13.8 Å². The summed E-state index contributed by atoms with van der Waals surface area (Å²) in [6.07, 6.45) is 1.80. The molecule has 3 aromatic rings. The molecule has 0 fully saturated rings. The molecule has 0 saturated carbocycles. The first-order valence-corrected chi connectivity index (χ1v) is 7.06. The van der Waals surface area contributed by atoms with Crippen molar-refractivity contribution in [3.63, 3.8) is 0 Å². The van der Waals surface area contributed by atoms with Crippen molar-refractivity contribution in [1.82, 2.24) is 14.8 Å². The Bertz CT molecular complexity index is 795. The van der Waals surface area contributed by atoms with Gasteiger partial charge in [0, 0.05) is 11.6 Å². The van der Waals surface area contributed by atoms with Gasteiger partial charge in [0.15, 0.2) is 5.82 Å². The van der Waals surface area contributed by atoms with E-state index in [0.717, 1.165) is 38.2 Å². The number of ether oxygens (including phenoxy) is 1. The summed E-state index contributed by atoms with van der Waals surface area (Å²) in [6.45, 7) is 3.99. The molecule has 2 heterocycles. The largest absolute Gasteiger partial charge is 0.497 e. The van der Waals surface area contributed by atoms with Gasteiger partial charge in [-0.1, -0.05) is 6.07 Å². The first-order chi connectivity index (χ1) is 9.61. The predicted octanol–water partition coefficient (Wildman–Crippen LogP) is 3.81. The highest BCUT2D eigenvalue weighted by atomic mass is 79.9. The zero-order chi connectivity index (χ0) is 14.3. The van der Waals surface area contributed by atoms with E-state index in [4.69, 9.17) is 4.74 Å². The first kappa shape index (κ1) is 13.1. The van der Waals surface area contributed by atoms with Gasteiger partial charge in [-0.25, -0.2) is 9.67 Å². The molecule has 0 unspecified atom stereocenters. The van der Waals surface area contributed by atoms with E-state index in [9.17, 15) is 0 Å². The molecule has 0 aliphatic heterocycles. The van der Waals surface area contributed by atoms with Crippen LogP contribution < -0.4 is 4.74 Å². The van der Waals surface area contributed by atoms with Crippen LogP contribution in [0.3, 0.4) is 0 Å². The number of nitrogens with zero attached hydrogens (tertiary/aromatic N) is 3. The molecule has 0 N–H and O–H groups in total. The Morgan fingerprint density at radius 2 is 2.00 bits per heavy atom. The normalized spacial score (nSPS) is 11.0. The Morgan fingerprint density at radius 3 is 2.65 bits per heavy atom. The molecular formula is C15H14BrN3O. The van der Waals surface area contributed by atoms with Gasteiger partial charge in [0.05, 0.1) is 23.0 Å². The van der Waals surface area contributed by atoms with E-state index in [1.807, 2.05) is 42.8 Å². The fourth-order valence-corrected chi connectivity index (χ4v) is 2.50. The zero-order valence-corrected chi connectivity index (χ0v) is 13.1. The first-order valence-electron chi connectivity index (χ1n) is 6.26. The van der Waals surface area contributed by atoms with Crippen LogP contribution in [-0.4, -0.2) is 21.9 Å². The van der Waals surface area contributed by atoms with Gasteiger partial charge in [0.1, 0.15) is 5.75 Å². The van der Waals surface area contributed by atoms with Crippen LogP contribution in [0, 0.1) is 13.8 Å². The smallest absolute Gasteiger partial charge is 0.161 e. The Labute approximate surface area is 125 Å². The van der Waals surface area contributed by atoms with Gasteiger partial charge < -0.3 is 4.74 Å². The van der Waals surface area contributed by atoms with Gasteiger partial charge in [-0.05, 0) is 53.4 Å². The van der Waals surface area contributed by atoms with Crippen molar-refractivity contribution >= 4 is 26.7 Å². The van der Waals surface area contributed by atoms with E-state index in [-0.39, 0.29) is 0 Å². The van der Waals surface area contributed by atoms with Crippen LogP contribution >= 0.6 is 15.9 Å². The summed E-state index contributed by atoms with van der Waals surface area (Å²) >= 11 is 3.55. The Morgan fingerprint density at radius 1 is 1.20 bits per heavy atom. The van der Waals surface area contributed by atoms with E-state index < -0.39 is 0 Å². The van der Waals surface area contributed by atoms with Crippen molar-refractivity contribution in [3.8, 4) is 11.6 Å². The summed E-state index contributed by atoms with van der Waals surface area (Å²) in [5.74, 6) is 1.63. The van der Waals surface area contributed by atoms with E-state index in [2.05, 4.69) is 26.0 Å². The molecule has 0 radical (unpaired) electrons. The molecule has 0 atom stereocenters. The minimum Gasteiger partial charge on any atom is -0.497 e. The van der Waals surface area contributed by atoms with E-state index in [1.165, 1.54) is 0 Å². The van der Waals surface area contributed by atoms with E-state index in [1.54, 1.807) is 13.3 Å². The highest BCUT2D eigenvalue weighted by Crippen LogP contribution is 2.28. The van der Waals surface area contributed by atoms with Gasteiger partial charge in [-0.15, -0.1) is 0 Å². The zero-order valence-electron chi connectivity index (χ0n) is 11.5. The monoisotopic (exact) mass is 331 g/mol. The molecule has 0 bridgehead atoms. The van der Waals surface area contributed by atoms with Crippen molar-refractivity contribution in [3.05, 3.63) is 46.3 Å². The number of pyridine rings is 1. The SMILES string of the molecule is COc1ccc2ccnc(-n3nc(C)c(Br)c3C)c2c1. The van der Waals surface area contributed by atoms with Gasteiger partial charge in [0.2, 0.25) is 0 Å². The summed E-state index contributed by atoms with van der Waals surface area (Å²) in [4.78, 5) is 4.49. The van der Waals surface area contributed by atoms with Crippen LogP contribution in [0.1, 0.15) is 11.4 Å². The van der Waals surface area contributed by atoms with Crippen LogP contribution in [0.25, 0.3) is 16.6 Å². The number of hydrogen-bond acceptors (Lipinski definition) is 3. The number of hydrogen-bond donors (Lipinski definition) is 0. The lowest BCUT2D eigenvalue weighted by atomic mass is 10.1. The minimum atomic E-state index is 0.812. The lowest BCUT2D eigenvalue weighted by molar-refractivity contribution is 0.415. The maximum atomic E-state index is 5.31. The average molecular weight is 332 g/mol. The molecule has 0 aliphatic rings. The number of methoxy groups -OCH3 is 1. The Hall–Kier alpha value is -1.88. The quantitative estimate of drug-likeness (QED) is 0.716. The number of rotatable bonds is 2. The molecule has 1 aromatic carbocycles. The van der Waals surface area contributed by atoms with Crippen molar-refractivity contribution in [1.29, 1.82) is 0 Å². The molecule has 2 aromatic heterocycles. The van der Waals surface area contributed by atoms with Gasteiger partial charge in [0.25, 0.3) is 0 Å². The van der Waals surface area contributed by atoms with Crippen LogP contribution in [0.2, 0.25) is 0 Å². The third-order valence-corrected chi connectivity index (χ3v) is 4.50. The molecule has 0 aliphatic carbocycles. The van der Waals surface area contributed by atoms with E-state index >= 15 is 0 Å². The molecular weight excluding hydrogens is 318 g/mol. The Balaban J connectivity index is 2.32. The topological polar surface area (TPSA) is 39.9 Å². The molecule has 0 spiro atoms. The standard InChI is InChI=1S/C15H14BrN3O/c1-9-14(16)10(2)19(18-9)15-13-8-12(20-3)5-4-11(13)6-7-17-15/h4-8H,1-3H3. The lowest BCUT2D eigenvalue weighted by Crippen LogP contribution is -2.03. The number of halogens is 1. The summed E-state index contributed by atoms with van der Waals surface area (Å²) in [5.41, 5.74) is 1.98. The van der Waals surface area contributed by atoms with Crippen LogP contribution in [-0.2, 0) is 0 Å². The lowest BCUT2D eigenvalue weighted by Gasteiger charge is -2.09. The van der Waals surface area contributed by atoms with Crippen molar-refractivity contribution < 1.29 is 4.74 Å². The van der Waals surface area contributed by atoms with Crippen molar-refractivity contribution in [2.24, 2.45) is 0 Å².